The lowest BCUT2D eigenvalue weighted by Gasteiger charge is -2.39. The molecule has 1 N–H and O–H groups in total. The van der Waals surface area contributed by atoms with Crippen molar-refractivity contribution in [1.82, 2.24) is 0 Å². The molecule has 1 saturated heterocycles. The van der Waals surface area contributed by atoms with Gasteiger partial charge in [0.25, 0.3) is 0 Å². The third kappa shape index (κ3) is 15.4. The van der Waals surface area contributed by atoms with Gasteiger partial charge in [0.2, 0.25) is 0 Å². The molecule has 0 aromatic heterocycles. The Labute approximate surface area is 370 Å². The van der Waals surface area contributed by atoms with E-state index in [-0.39, 0.29) is 36.6 Å². The van der Waals surface area contributed by atoms with Crippen LogP contribution >= 0.6 is 0 Å². The molecule has 10 unspecified atom stereocenters. The number of cyclic esters (lactones) is 1. The zero-order valence-electron chi connectivity index (χ0n) is 41.1. The fourth-order valence-corrected chi connectivity index (χ4v) is 18.5. The average Bonchev–Trinajstić information content (AvgIpc) is 3.99. The quantitative estimate of drug-likeness (QED) is 0.0333. The summed E-state index contributed by atoms with van der Waals surface area (Å²) in [6.45, 7) is 34.0. The first-order valence-corrected chi connectivity index (χ1v) is 31.6. The lowest BCUT2D eigenvalue weighted by atomic mass is 9.88. The molecule has 2 aliphatic rings. The predicted octanol–water partition coefficient (Wildman–Crippen LogP) is 12.2. The molecule has 0 aliphatic carbocycles. The molecule has 0 aromatic carbocycles. The molecule has 0 aromatic rings. The van der Waals surface area contributed by atoms with Crippen molar-refractivity contribution in [2.45, 2.75) is 245 Å². The van der Waals surface area contributed by atoms with Crippen LogP contribution in [-0.4, -0.2) is 89.8 Å². The van der Waals surface area contributed by atoms with Gasteiger partial charge in [-0.15, -0.1) is 0 Å². The van der Waals surface area contributed by atoms with Gasteiger partial charge >= 0.3 is 11.9 Å². The third-order valence-electron chi connectivity index (χ3n) is 14.7. The maximum absolute atomic E-state index is 13.9. The summed E-state index contributed by atoms with van der Waals surface area (Å²) in [5, 5.41) is 11.7. The fraction of sp³-hybridized carbons (Fsp3) is 0.833. The number of carbonyl (C=O) groups is 2. The highest BCUT2D eigenvalue weighted by Crippen LogP contribution is 2.42. The number of allylic oxidation sites excluding steroid dienone is 2. The Morgan fingerprint density at radius 3 is 1.97 bits per heavy atom. The fourth-order valence-electron chi connectivity index (χ4n) is 9.45. The molecule has 9 nitrogen and oxygen atoms in total. The molecular formula is C48H90O9Si3. The average molecular weight is 895 g/mol. The summed E-state index contributed by atoms with van der Waals surface area (Å²) in [5.74, 6) is -0.775. The van der Waals surface area contributed by atoms with E-state index in [2.05, 4.69) is 95.2 Å². The first-order chi connectivity index (χ1) is 28.2. The molecule has 12 heteroatoms. The second-order valence-electron chi connectivity index (χ2n) is 18.7. The van der Waals surface area contributed by atoms with Gasteiger partial charge in [0.05, 0.1) is 30.3 Å². The lowest BCUT2D eigenvalue weighted by Crippen LogP contribution is -2.46. The smallest absolute Gasteiger partial charge is 0.308 e. The van der Waals surface area contributed by atoms with Crippen LogP contribution in [0.1, 0.15) is 143 Å². The molecule has 0 bridgehead atoms. The zero-order valence-corrected chi connectivity index (χ0v) is 44.1. The van der Waals surface area contributed by atoms with E-state index >= 15 is 0 Å². The van der Waals surface area contributed by atoms with E-state index < -0.39 is 60.4 Å². The largest absolute Gasteiger partial charge is 0.457 e. The minimum atomic E-state index is -2.10. The summed E-state index contributed by atoms with van der Waals surface area (Å²) in [6.07, 6.45) is 11.0. The summed E-state index contributed by atoms with van der Waals surface area (Å²) in [4.78, 5) is 26.1. The molecule has 0 saturated carbocycles. The van der Waals surface area contributed by atoms with Crippen molar-refractivity contribution in [3.63, 3.8) is 0 Å². The number of aliphatic hydroxyl groups is 1. The Morgan fingerprint density at radius 1 is 0.917 bits per heavy atom. The Bertz CT molecular complexity index is 1380. The molecule has 0 amide bonds. The number of hydrogen-bond donors (Lipinski definition) is 1. The van der Waals surface area contributed by atoms with Crippen LogP contribution in [0, 0.1) is 11.8 Å². The minimum absolute atomic E-state index is 0.0838. The third-order valence-corrected chi connectivity index (χ3v) is 28.8. The van der Waals surface area contributed by atoms with Crippen LogP contribution in [0.3, 0.4) is 0 Å². The maximum atomic E-state index is 13.9. The van der Waals surface area contributed by atoms with Gasteiger partial charge in [-0.05, 0) is 106 Å². The van der Waals surface area contributed by atoms with Crippen LogP contribution in [0.2, 0.25) is 54.4 Å². The molecule has 2 aliphatic heterocycles. The highest BCUT2D eigenvalue weighted by molar-refractivity contribution is 6.74. The summed E-state index contributed by atoms with van der Waals surface area (Å²) >= 11 is 0. The summed E-state index contributed by atoms with van der Waals surface area (Å²) in [7, 11) is -5.90. The highest BCUT2D eigenvalue weighted by atomic mass is 28.4. The number of ether oxygens (including phenoxy) is 3. The first kappa shape index (κ1) is 54.7. The topological polar surface area (TPSA) is 113 Å². The molecule has 1 fully saturated rings. The number of hydrogen-bond acceptors (Lipinski definition) is 9. The first-order valence-electron chi connectivity index (χ1n) is 24.0. The van der Waals surface area contributed by atoms with Gasteiger partial charge in [-0.2, -0.15) is 0 Å². The standard InChI is InChI=1S/C48H90O9Si3/c1-17-41(56-59(21-5,22-6)23-7)38(13)46-42(53-46)35-47(15,57-60(24-8,25-9)26-10)32-27-28-36(11)45-37(12)29-30-43(52-39(14)49)48(16,51)33-31-40(34-44(50)54-45)55-58(18-2,19-3)20-4/h27-30,32,37-38,40-43,45-46,51H,17-26,31,33-35H2,1-16H3/b30-29+,32-27+,36-28+. The number of rotatable bonds is 24. The molecule has 60 heavy (non-hydrogen) atoms. The molecule has 10 atom stereocenters. The summed E-state index contributed by atoms with van der Waals surface area (Å²) in [5.41, 5.74) is -1.04. The minimum Gasteiger partial charge on any atom is -0.457 e. The SMILES string of the molecule is CCC(O[Si](CC)(CC)CC)C(C)C1OC1CC(C)(/C=C/C=C(\C)C1OC(=O)CC(O[Si](CC)(CC)CC)CCC(C)(O)C(OC(C)=O)/C=C/C1C)O[Si](CC)(CC)CC. The second kappa shape index (κ2) is 24.6. The van der Waals surface area contributed by atoms with Crippen LogP contribution in [0.15, 0.2) is 36.0 Å². The van der Waals surface area contributed by atoms with Crippen molar-refractivity contribution in [2.75, 3.05) is 0 Å². The second-order valence-corrected chi connectivity index (χ2v) is 32.8. The van der Waals surface area contributed by atoms with E-state index in [9.17, 15) is 14.7 Å². The van der Waals surface area contributed by atoms with Gasteiger partial charge in [-0.3, -0.25) is 9.59 Å². The molecular weight excluding hydrogens is 805 g/mol. The van der Waals surface area contributed by atoms with Crippen molar-refractivity contribution in [1.29, 1.82) is 0 Å². The summed E-state index contributed by atoms with van der Waals surface area (Å²) in [6, 6.07) is 9.36. The molecule has 348 valence electrons. The highest BCUT2D eigenvalue weighted by Gasteiger charge is 2.51. The Balaban J connectivity index is 2.52. The lowest BCUT2D eigenvalue weighted by molar-refractivity contribution is -0.157. The van der Waals surface area contributed by atoms with Crippen molar-refractivity contribution >= 4 is 36.9 Å². The van der Waals surface area contributed by atoms with Crippen LogP contribution in [-0.2, 0) is 37.1 Å². The molecule has 2 heterocycles. The Hall–Kier alpha value is -1.39. The summed E-state index contributed by atoms with van der Waals surface area (Å²) < 4.78 is 39.8. The van der Waals surface area contributed by atoms with Crippen molar-refractivity contribution in [3.05, 3.63) is 36.0 Å². The maximum Gasteiger partial charge on any atom is 0.308 e. The van der Waals surface area contributed by atoms with Crippen molar-refractivity contribution < 1.29 is 42.2 Å². The zero-order chi connectivity index (χ0) is 45.5. The van der Waals surface area contributed by atoms with Crippen molar-refractivity contribution in [2.24, 2.45) is 11.8 Å². The monoisotopic (exact) mass is 895 g/mol. The predicted molar refractivity (Wildman–Crippen MR) is 255 cm³/mol. The van der Waals surface area contributed by atoms with E-state index in [1.54, 1.807) is 13.0 Å². The Kier molecular flexibility index (Phi) is 22.5. The van der Waals surface area contributed by atoms with Crippen LogP contribution in [0.4, 0.5) is 0 Å². The van der Waals surface area contributed by atoms with Gasteiger partial charge in [0, 0.05) is 31.3 Å². The number of carbonyl (C=O) groups excluding carboxylic acids is 2. The van der Waals surface area contributed by atoms with E-state index in [0.29, 0.717) is 18.8 Å². The van der Waals surface area contributed by atoms with E-state index in [0.717, 1.165) is 72.8 Å². The van der Waals surface area contributed by atoms with Crippen LogP contribution in [0.5, 0.6) is 0 Å². The molecule has 0 spiro atoms. The van der Waals surface area contributed by atoms with Gasteiger partial charge in [0.15, 0.2) is 25.0 Å². The van der Waals surface area contributed by atoms with Gasteiger partial charge in [0.1, 0.15) is 17.8 Å². The van der Waals surface area contributed by atoms with Crippen LogP contribution < -0.4 is 0 Å². The van der Waals surface area contributed by atoms with Gasteiger partial charge in [-0.25, -0.2) is 0 Å². The number of esters is 2. The van der Waals surface area contributed by atoms with Crippen LogP contribution in [0.25, 0.3) is 0 Å². The van der Waals surface area contributed by atoms with Gasteiger partial charge in [-0.1, -0.05) is 107 Å². The molecule has 2 rings (SSSR count). The van der Waals surface area contributed by atoms with E-state index in [1.807, 2.05) is 26.0 Å². The molecule has 0 radical (unpaired) electrons. The van der Waals surface area contributed by atoms with E-state index in [4.69, 9.17) is 27.5 Å². The number of epoxide rings is 1. The van der Waals surface area contributed by atoms with Crippen molar-refractivity contribution in [3.8, 4) is 0 Å². The normalized spacial score (nSPS) is 28.9. The van der Waals surface area contributed by atoms with E-state index in [1.165, 1.54) is 6.92 Å². The Morgan fingerprint density at radius 2 is 1.47 bits per heavy atom. The van der Waals surface area contributed by atoms with Gasteiger partial charge < -0.3 is 32.6 Å².